The van der Waals surface area contributed by atoms with E-state index >= 15 is 0 Å². The van der Waals surface area contributed by atoms with Crippen molar-refractivity contribution < 1.29 is 4.79 Å². The van der Waals surface area contributed by atoms with Gasteiger partial charge in [-0.05, 0) is 42.6 Å². The maximum absolute atomic E-state index is 11.4. The Bertz CT molecular complexity index is 351. The Morgan fingerprint density at radius 1 is 1.57 bits per heavy atom. The number of hydrogen-bond donors (Lipinski definition) is 0. The van der Waals surface area contributed by atoms with Gasteiger partial charge in [0.1, 0.15) is 0 Å². The molecule has 0 aliphatic heterocycles. The minimum absolute atomic E-state index is 0.307. The summed E-state index contributed by atoms with van der Waals surface area (Å²) >= 11 is 9.00. The second-order valence-corrected chi connectivity index (χ2v) is 4.73. The molecule has 0 radical (unpaired) electrons. The number of carbonyl (C=O) groups is 1. The maximum Gasteiger partial charge on any atom is 0.231 e. The smallest absolute Gasteiger partial charge is 0.231 e. The predicted octanol–water partition coefficient (Wildman–Crippen LogP) is 3.88. The lowest BCUT2D eigenvalue weighted by molar-refractivity contribution is -0.116. The van der Waals surface area contributed by atoms with Crippen LogP contribution in [0.3, 0.4) is 0 Å². The normalized spacial score (nSPS) is 14.9. The maximum atomic E-state index is 11.4. The van der Waals surface area contributed by atoms with Crippen LogP contribution in [0, 0.1) is 0 Å². The van der Waals surface area contributed by atoms with Crippen LogP contribution in [0.5, 0.6) is 0 Å². The molecular formula is C11H12BrClO. The van der Waals surface area contributed by atoms with Gasteiger partial charge in [0.25, 0.3) is 0 Å². The van der Waals surface area contributed by atoms with Crippen molar-refractivity contribution in [1.82, 2.24) is 0 Å². The summed E-state index contributed by atoms with van der Waals surface area (Å²) in [5.41, 5.74) is 0.375. The van der Waals surface area contributed by atoms with Crippen molar-refractivity contribution in [2.75, 3.05) is 0 Å². The van der Waals surface area contributed by atoms with Gasteiger partial charge in [0.15, 0.2) is 0 Å². The largest absolute Gasteiger partial charge is 0.280 e. The Morgan fingerprint density at radius 2 is 2.21 bits per heavy atom. The van der Waals surface area contributed by atoms with Gasteiger partial charge in [-0.15, -0.1) is 0 Å². The molecule has 0 aromatic heterocycles. The zero-order chi connectivity index (χ0) is 10.8. The van der Waals surface area contributed by atoms with Gasteiger partial charge < -0.3 is 0 Å². The summed E-state index contributed by atoms with van der Waals surface area (Å²) in [6.07, 6.45) is 0.700. The quantitative estimate of drug-likeness (QED) is 0.765. The van der Waals surface area contributed by atoms with E-state index in [9.17, 15) is 4.79 Å². The van der Waals surface area contributed by atoms with Crippen LogP contribution in [0.2, 0.25) is 0 Å². The van der Waals surface area contributed by atoms with Crippen molar-refractivity contribution in [3.05, 3.63) is 34.3 Å². The molecule has 1 unspecified atom stereocenters. The lowest BCUT2D eigenvalue weighted by atomic mass is 9.81. The lowest BCUT2D eigenvalue weighted by Gasteiger charge is -2.24. The summed E-state index contributed by atoms with van der Waals surface area (Å²) in [6, 6.07) is 7.70. The fraction of sp³-hybridized carbons (Fsp3) is 0.364. The lowest BCUT2D eigenvalue weighted by Crippen LogP contribution is -2.28. The van der Waals surface area contributed by atoms with Gasteiger partial charge in [-0.3, -0.25) is 4.79 Å². The molecule has 0 heterocycles. The fourth-order valence-electron chi connectivity index (χ4n) is 1.29. The van der Waals surface area contributed by atoms with Gasteiger partial charge in [0.2, 0.25) is 5.24 Å². The van der Waals surface area contributed by atoms with E-state index in [-0.39, 0.29) is 5.24 Å². The first-order chi connectivity index (χ1) is 6.50. The summed E-state index contributed by atoms with van der Waals surface area (Å²) in [5, 5.41) is -0.307. The van der Waals surface area contributed by atoms with Gasteiger partial charge in [0.05, 0.1) is 5.41 Å². The minimum atomic E-state index is -0.578. The Kier molecular flexibility index (Phi) is 3.73. The molecule has 0 fully saturated rings. The van der Waals surface area contributed by atoms with Gasteiger partial charge in [-0.2, -0.15) is 0 Å². The van der Waals surface area contributed by atoms with Gasteiger partial charge in [-0.1, -0.05) is 35.0 Å². The average Bonchev–Trinajstić information content (AvgIpc) is 2.16. The highest BCUT2D eigenvalue weighted by molar-refractivity contribution is 9.10. The van der Waals surface area contributed by atoms with Crippen molar-refractivity contribution in [1.29, 1.82) is 0 Å². The third-order valence-electron chi connectivity index (χ3n) is 2.60. The molecule has 1 aromatic rings. The third kappa shape index (κ3) is 2.18. The summed E-state index contributed by atoms with van der Waals surface area (Å²) in [4.78, 5) is 11.4. The summed E-state index contributed by atoms with van der Waals surface area (Å²) in [5.74, 6) is 0. The van der Waals surface area contributed by atoms with Crippen LogP contribution in [-0.4, -0.2) is 5.24 Å². The second kappa shape index (κ2) is 4.45. The van der Waals surface area contributed by atoms with Crippen LogP contribution in [0.4, 0.5) is 0 Å². The molecule has 14 heavy (non-hydrogen) atoms. The van der Waals surface area contributed by atoms with E-state index in [1.165, 1.54) is 0 Å². The highest BCUT2D eigenvalue weighted by Crippen LogP contribution is 2.31. The Balaban J connectivity index is 3.19. The molecule has 1 atom stereocenters. The molecule has 0 aliphatic carbocycles. The van der Waals surface area contributed by atoms with Crippen molar-refractivity contribution in [3.63, 3.8) is 0 Å². The number of rotatable bonds is 3. The van der Waals surface area contributed by atoms with E-state index in [4.69, 9.17) is 11.6 Å². The van der Waals surface area contributed by atoms with E-state index in [0.717, 1.165) is 10.0 Å². The average molecular weight is 276 g/mol. The molecule has 0 aliphatic rings. The molecule has 1 aromatic carbocycles. The van der Waals surface area contributed by atoms with Gasteiger partial charge >= 0.3 is 0 Å². The van der Waals surface area contributed by atoms with Crippen LogP contribution in [0.1, 0.15) is 25.8 Å². The highest BCUT2D eigenvalue weighted by atomic mass is 79.9. The van der Waals surface area contributed by atoms with Gasteiger partial charge in [0, 0.05) is 4.47 Å². The Morgan fingerprint density at radius 3 is 2.64 bits per heavy atom. The number of benzene rings is 1. The first-order valence-corrected chi connectivity index (χ1v) is 5.64. The van der Waals surface area contributed by atoms with Crippen LogP contribution in [-0.2, 0) is 10.2 Å². The Hall–Kier alpha value is -0.340. The van der Waals surface area contributed by atoms with E-state index in [1.54, 1.807) is 0 Å². The molecule has 1 nitrogen and oxygen atoms in total. The molecule has 76 valence electrons. The molecule has 1 rings (SSSR count). The van der Waals surface area contributed by atoms with Crippen LogP contribution in [0.25, 0.3) is 0 Å². The van der Waals surface area contributed by atoms with E-state index in [0.29, 0.717) is 6.42 Å². The highest BCUT2D eigenvalue weighted by Gasteiger charge is 2.31. The summed E-state index contributed by atoms with van der Waals surface area (Å²) < 4.78 is 0.965. The summed E-state index contributed by atoms with van der Waals surface area (Å²) in [6.45, 7) is 3.82. The zero-order valence-electron chi connectivity index (χ0n) is 8.18. The minimum Gasteiger partial charge on any atom is -0.280 e. The third-order valence-corrected chi connectivity index (χ3v) is 3.51. The first-order valence-electron chi connectivity index (χ1n) is 4.46. The Labute approximate surface area is 97.6 Å². The number of hydrogen-bond acceptors (Lipinski definition) is 1. The summed E-state index contributed by atoms with van der Waals surface area (Å²) in [7, 11) is 0. The van der Waals surface area contributed by atoms with Crippen LogP contribution < -0.4 is 0 Å². The van der Waals surface area contributed by atoms with Crippen LogP contribution in [0.15, 0.2) is 28.7 Å². The number of halogens is 2. The molecule has 0 bridgehead atoms. The van der Waals surface area contributed by atoms with Crippen molar-refractivity contribution in [3.8, 4) is 0 Å². The standard InChI is InChI=1S/C11H12BrClO/c1-3-11(2,10(13)14)8-5-4-6-9(12)7-8/h4-7H,3H2,1-2H3. The molecule has 0 spiro atoms. The van der Waals surface area contributed by atoms with E-state index in [1.807, 2.05) is 38.1 Å². The number of carbonyl (C=O) groups excluding carboxylic acids is 1. The molecule has 0 amide bonds. The molecule has 0 N–H and O–H groups in total. The second-order valence-electron chi connectivity index (χ2n) is 3.47. The van der Waals surface area contributed by atoms with Crippen molar-refractivity contribution in [2.45, 2.75) is 25.7 Å². The fourth-order valence-corrected chi connectivity index (χ4v) is 1.93. The molecule has 0 saturated heterocycles. The molecule has 3 heteroatoms. The first kappa shape index (κ1) is 11.7. The molecular weight excluding hydrogens is 263 g/mol. The monoisotopic (exact) mass is 274 g/mol. The predicted molar refractivity (Wildman–Crippen MR) is 62.6 cm³/mol. The van der Waals surface area contributed by atoms with E-state index < -0.39 is 5.41 Å². The van der Waals surface area contributed by atoms with Crippen molar-refractivity contribution in [2.24, 2.45) is 0 Å². The zero-order valence-corrected chi connectivity index (χ0v) is 10.5. The topological polar surface area (TPSA) is 17.1 Å². The van der Waals surface area contributed by atoms with Crippen molar-refractivity contribution >= 4 is 32.8 Å². The molecule has 0 saturated carbocycles. The SMILES string of the molecule is CCC(C)(C(=O)Cl)c1cccc(Br)c1. The van der Waals surface area contributed by atoms with Gasteiger partial charge in [-0.25, -0.2) is 0 Å². The van der Waals surface area contributed by atoms with E-state index in [2.05, 4.69) is 15.9 Å². The van der Waals surface area contributed by atoms with Crippen LogP contribution >= 0.6 is 27.5 Å².